The monoisotopic (exact) mass is 196 g/mol. The van der Waals surface area contributed by atoms with Crippen molar-refractivity contribution in [2.24, 2.45) is 0 Å². The number of hydrogen-bond donors (Lipinski definition) is 0. The van der Waals surface area contributed by atoms with Crippen LogP contribution < -0.4 is 0 Å². The molecule has 3 heteroatoms. The highest BCUT2D eigenvalue weighted by Crippen LogP contribution is 2.52. The first-order valence-corrected chi connectivity index (χ1v) is 5.60. The number of hydrogen-bond acceptors (Lipinski definition) is 3. The summed E-state index contributed by atoms with van der Waals surface area (Å²) in [5, 5.41) is 0. The molecule has 0 aromatic carbocycles. The Morgan fingerprint density at radius 3 is 2.43 bits per heavy atom. The van der Waals surface area contributed by atoms with Crippen molar-refractivity contribution in [1.82, 2.24) is 0 Å². The maximum Gasteiger partial charge on any atom is 0.167 e. The SMILES string of the molecule is O=C1CC[C@@]2(CCCO2)[C@@]12CCCO2. The van der Waals surface area contributed by atoms with Crippen molar-refractivity contribution in [1.29, 1.82) is 0 Å². The molecule has 0 N–H and O–H groups in total. The van der Waals surface area contributed by atoms with E-state index in [-0.39, 0.29) is 11.4 Å². The summed E-state index contributed by atoms with van der Waals surface area (Å²) in [6, 6.07) is 0. The van der Waals surface area contributed by atoms with E-state index in [0.717, 1.165) is 45.3 Å². The van der Waals surface area contributed by atoms with Gasteiger partial charge in [0.2, 0.25) is 0 Å². The Bertz CT molecular complexity index is 260. The maximum atomic E-state index is 12.0. The third-order valence-electron chi connectivity index (χ3n) is 4.07. The van der Waals surface area contributed by atoms with Crippen LogP contribution in [0, 0.1) is 0 Å². The lowest BCUT2D eigenvalue weighted by Gasteiger charge is -2.37. The van der Waals surface area contributed by atoms with Crippen molar-refractivity contribution in [3.05, 3.63) is 0 Å². The lowest BCUT2D eigenvalue weighted by Crippen LogP contribution is -2.53. The van der Waals surface area contributed by atoms with Crippen molar-refractivity contribution in [2.45, 2.75) is 49.7 Å². The molecule has 0 amide bonds. The summed E-state index contributed by atoms with van der Waals surface area (Å²) in [6.45, 7) is 1.54. The highest BCUT2D eigenvalue weighted by atomic mass is 16.6. The van der Waals surface area contributed by atoms with Crippen LogP contribution in [0.4, 0.5) is 0 Å². The van der Waals surface area contributed by atoms with Gasteiger partial charge in [-0.2, -0.15) is 0 Å². The van der Waals surface area contributed by atoms with Gasteiger partial charge in [-0.3, -0.25) is 4.79 Å². The second kappa shape index (κ2) is 2.80. The van der Waals surface area contributed by atoms with Gasteiger partial charge in [0.05, 0.1) is 0 Å². The molecule has 3 rings (SSSR count). The first kappa shape index (κ1) is 8.86. The Morgan fingerprint density at radius 1 is 1.00 bits per heavy atom. The van der Waals surface area contributed by atoms with Gasteiger partial charge in [-0.1, -0.05) is 0 Å². The van der Waals surface area contributed by atoms with Crippen LogP contribution in [0.2, 0.25) is 0 Å². The topological polar surface area (TPSA) is 35.5 Å². The molecule has 78 valence electrons. The van der Waals surface area contributed by atoms with Crippen molar-refractivity contribution < 1.29 is 14.3 Å². The van der Waals surface area contributed by atoms with Gasteiger partial charge in [-0.05, 0) is 32.1 Å². The molecule has 14 heavy (non-hydrogen) atoms. The quantitative estimate of drug-likeness (QED) is 0.588. The van der Waals surface area contributed by atoms with E-state index >= 15 is 0 Å². The third-order valence-corrected chi connectivity index (χ3v) is 4.07. The smallest absolute Gasteiger partial charge is 0.167 e. The van der Waals surface area contributed by atoms with E-state index in [1.165, 1.54) is 0 Å². The minimum atomic E-state index is -0.538. The summed E-state index contributed by atoms with van der Waals surface area (Å²) in [4.78, 5) is 12.0. The van der Waals surface area contributed by atoms with Crippen LogP contribution in [0.1, 0.15) is 38.5 Å². The molecule has 0 aromatic rings. The molecule has 1 aliphatic carbocycles. The van der Waals surface area contributed by atoms with Crippen LogP contribution in [-0.2, 0) is 14.3 Å². The molecule has 2 aliphatic heterocycles. The molecule has 0 radical (unpaired) electrons. The molecule has 3 aliphatic rings. The second-order valence-electron chi connectivity index (χ2n) is 4.65. The summed E-state index contributed by atoms with van der Waals surface area (Å²) in [5.74, 6) is 0.289. The van der Waals surface area contributed by atoms with E-state index in [2.05, 4.69) is 0 Å². The second-order valence-corrected chi connectivity index (χ2v) is 4.65. The number of Topliss-reactive ketones (excluding diaryl/α,β-unsaturated/α-hetero) is 1. The maximum absolute atomic E-state index is 12.0. The minimum absolute atomic E-state index is 0.236. The molecule has 0 bridgehead atoms. The lowest BCUT2D eigenvalue weighted by atomic mass is 9.81. The van der Waals surface area contributed by atoms with E-state index in [4.69, 9.17) is 9.47 Å². The van der Waals surface area contributed by atoms with Crippen molar-refractivity contribution in [2.75, 3.05) is 13.2 Å². The Kier molecular flexibility index (Phi) is 1.77. The molecule has 0 unspecified atom stereocenters. The van der Waals surface area contributed by atoms with Crippen LogP contribution in [0.25, 0.3) is 0 Å². The molecule has 3 nitrogen and oxygen atoms in total. The van der Waals surface area contributed by atoms with Crippen molar-refractivity contribution >= 4 is 5.78 Å². The predicted molar refractivity (Wildman–Crippen MR) is 50.1 cm³/mol. The zero-order valence-corrected chi connectivity index (χ0v) is 8.38. The standard InChI is InChI=1S/C11H16O3/c12-9-3-6-10(4-1-7-13-10)11(9)5-2-8-14-11/h1-8H2/t10-,11+/m0/s1. The number of carbonyl (C=O) groups is 1. The largest absolute Gasteiger partial charge is 0.371 e. The van der Waals surface area contributed by atoms with Gasteiger partial charge in [0.15, 0.2) is 11.4 Å². The summed E-state index contributed by atoms with van der Waals surface area (Å²) >= 11 is 0. The molecule has 3 fully saturated rings. The first-order valence-electron chi connectivity index (χ1n) is 5.60. The van der Waals surface area contributed by atoms with Crippen molar-refractivity contribution in [3.8, 4) is 0 Å². The number of fused-ring (bicyclic) bond motifs is 1. The van der Waals surface area contributed by atoms with Crippen LogP contribution in [0.5, 0.6) is 0 Å². The van der Waals surface area contributed by atoms with Crippen LogP contribution in [-0.4, -0.2) is 30.2 Å². The molecule has 2 heterocycles. The number of carbonyl (C=O) groups excluding carboxylic acids is 1. The van der Waals surface area contributed by atoms with Crippen LogP contribution >= 0.6 is 0 Å². The summed E-state index contributed by atoms with van der Waals surface area (Å²) in [7, 11) is 0. The van der Waals surface area contributed by atoms with Gasteiger partial charge in [0.25, 0.3) is 0 Å². The fourth-order valence-corrected chi connectivity index (χ4v) is 3.41. The molecule has 0 aromatic heterocycles. The normalized spacial score (nSPS) is 47.3. The zero-order valence-electron chi connectivity index (χ0n) is 8.38. The Hall–Kier alpha value is -0.410. The Balaban J connectivity index is 2.01. The first-order chi connectivity index (χ1) is 6.79. The molecule has 2 spiro atoms. The van der Waals surface area contributed by atoms with Gasteiger partial charge >= 0.3 is 0 Å². The van der Waals surface area contributed by atoms with Gasteiger partial charge in [-0.15, -0.1) is 0 Å². The molecular formula is C11H16O3. The lowest BCUT2D eigenvalue weighted by molar-refractivity contribution is -0.166. The van der Waals surface area contributed by atoms with Crippen LogP contribution in [0.15, 0.2) is 0 Å². The van der Waals surface area contributed by atoms with Gasteiger partial charge < -0.3 is 9.47 Å². The van der Waals surface area contributed by atoms with E-state index in [0.29, 0.717) is 6.42 Å². The summed E-state index contributed by atoms with van der Waals surface area (Å²) in [5.41, 5.74) is -0.774. The van der Waals surface area contributed by atoms with E-state index in [1.807, 2.05) is 0 Å². The fourth-order valence-electron chi connectivity index (χ4n) is 3.41. The summed E-state index contributed by atoms with van der Waals surface area (Å²) < 4.78 is 11.6. The minimum Gasteiger partial charge on any atom is -0.371 e. The van der Waals surface area contributed by atoms with Crippen molar-refractivity contribution in [3.63, 3.8) is 0 Å². The van der Waals surface area contributed by atoms with Gasteiger partial charge in [-0.25, -0.2) is 0 Å². The molecule has 2 atom stereocenters. The predicted octanol–water partition coefficient (Wildman–Crippen LogP) is 1.45. The number of ether oxygens (including phenoxy) is 2. The average Bonchev–Trinajstić information content (AvgIpc) is 2.88. The fraction of sp³-hybridized carbons (Fsp3) is 0.909. The zero-order chi connectivity index (χ0) is 9.65. The number of ketones is 1. The van der Waals surface area contributed by atoms with Gasteiger partial charge in [0.1, 0.15) is 5.60 Å². The van der Waals surface area contributed by atoms with Crippen LogP contribution in [0.3, 0.4) is 0 Å². The average molecular weight is 196 g/mol. The molecule has 1 saturated carbocycles. The molecule has 2 saturated heterocycles. The van der Waals surface area contributed by atoms with Gasteiger partial charge in [0, 0.05) is 19.6 Å². The Labute approximate surface area is 83.8 Å². The summed E-state index contributed by atoms with van der Waals surface area (Å²) in [6.07, 6.45) is 5.52. The van der Waals surface area contributed by atoms with E-state index in [1.54, 1.807) is 0 Å². The highest BCUT2D eigenvalue weighted by Gasteiger charge is 2.64. The number of rotatable bonds is 0. The third kappa shape index (κ3) is 0.873. The van der Waals surface area contributed by atoms with E-state index < -0.39 is 5.60 Å². The highest BCUT2D eigenvalue weighted by molar-refractivity contribution is 5.92. The van der Waals surface area contributed by atoms with E-state index in [9.17, 15) is 4.79 Å². The Morgan fingerprint density at radius 2 is 1.79 bits per heavy atom. The molecular weight excluding hydrogens is 180 g/mol.